The summed E-state index contributed by atoms with van der Waals surface area (Å²) in [6.45, 7) is 2.19. The topological polar surface area (TPSA) is 73.0 Å². The van der Waals surface area contributed by atoms with Crippen LogP contribution in [0.15, 0.2) is 81.7 Å². The number of fused-ring (bicyclic) bond motifs is 1. The van der Waals surface area contributed by atoms with Crippen molar-refractivity contribution in [2.24, 2.45) is 0 Å². The number of nitrogens with one attached hydrogen (secondary N) is 1. The number of aryl methyl sites for hydroxylation is 1. The van der Waals surface area contributed by atoms with E-state index in [4.69, 9.17) is 16.0 Å². The highest BCUT2D eigenvalue weighted by Crippen LogP contribution is 2.29. The van der Waals surface area contributed by atoms with Crippen LogP contribution < -0.4 is 5.32 Å². The van der Waals surface area contributed by atoms with E-state index in [2.05, 4.69) is 50.5 Å². The fourth-order valence-electron chi connectivity index (χ4n) is 3.74. The maximum Gasteiger partial charge on any atom is 0.291 e. The van der Waals surface area contributed by atoms with E-state index in [0.29, 0.717) is 27.5 Å². The van der Waals surface area contributed by atoms with E-state index in [1.165, 1.54) is 18.4 Å². The zero-order valence-electron chi connectivity index (χ0n) is 19.0. The first kappa shape index (κ1) is 23.3. The van der Waals surface area contributed by atoms with Crippen molar-refractivity contribution in [3.05, 3.63) is 93.6 Å². The maximum absolute atomic E-state index is 12.8. The lowest BCUT2D eigenvalue weighted by molar-refractivity contribution is 0.0997. The quantitative estimate of drug-likeness (QED) is 0.226. The SMILES string of the molecule is CCCCc1ccc(-n2nc3cc(Cl)c(NC(=O)c4ccc(-c5ccc(Br)cc5)o4)cc3n2)cc1. The van der Waals surface area contributed by atoms with E-state index in [-0.39, 0.29) is 5.76 Å². The van der Waals surface area contributed by atoms with Crippen LogP contribution in [0, 0.1) is 0 Å². The fourth-order valence-corrected chi connectivity index (χ4v) is 4.21. The molecule has 1 N–H and O–H groups in total. The summed E-state index contributed by atoms with van der Waals surface area (Å²) in [7, 11) is 0. The number of halogens is 2. The second-order valence-electron chi connectivity index (χ2n) is 8.21. The van der Waals surface area contributed by atoms with Crippen LogP contribution in [-0.2, 0) is 6.42 Å². The third-order valence-corrected chi connectivity index (χ3v) is 6.50. The molecular weight excluding hydrogens is 528 g/mol. The summed E-state index contributed by atoms with van der Waals surface area (Å²) in [6, 6.07) is 22.7. The summed E-state index contributed by atoms with van der Waals surface area (Å²) in [6.07, 6.45) is 3.39. The molecule has 0 atom stereocenters. The number of benzene rings is 3. The lowest BCUT2D eigenvalue weighted by Crippen LogP contribution is -2.11. The lowest BCUT2D eigenvalue weighted by atomic mass is 10.1. The molecule has 5 rings (SSSR count). The Kier molecular flexibility index (Phi) is 6.70. The van der Waals surface area contributed by atoms with Gasteiger partial charge in [0.1, 0.15) is 16.8 Å². The Morgan fingerprint density at radius 3 is 2.43 bits per heavy atom. The third kappa shape index (κ3) is 5.16. The average Bonchev–Trinajstić information content (AvgIpc) is 3.51. The molecule has 176 valence electrons. The zero-order chi connectivity index (χ0) is 24.4. The molecule has 6 nitrogen and oxygen atoms in total. The molecule has 0 bridgehead atoms. The Bertz CT molecular complexity index is 1490. The van der Waals surface area contributed by atoms with Gasteiger partial charge in [0.25, 0.3) is 5.91 Å². The van der Waals surface area contributed by atoms with E-state index in [1.54, 1.807) is 29.1 Å². The smallest absolute Gasteiger partial charge is 0.291 e. The summed E-state index contributed by atoms with van der Waals surface area (Å²) in [5.74, 6) is 0.392. The number of carbonyl (C=O) groups is 1. The Labute approximate surface area is 216 Å². The second-order valence-corrected chi connectivity index (χ2v) is 9.53. The van der Waals surface area contributed by atoms with Gasteiger partial charge in [0.15, 0.2) is 5.76 Å². The van der Waals surface area contributed by atoms with E-state index < -0.39 is 5.91 Å². The summed E-state index contributed by atoms with van der Waals surface area (Å²) in [5.41, 5.74) is 4.73. The van der Waals surface area contributed by atoms with Gasteiger partial charge < -0.3 is 9.73 Å². The summed E-state index contributed by atoms with van der Waals surface area (Å²) in [5, 5.41) is 12.3. The van der Waals surface area contributed by atoms with Crippen LogP contribution in [0.4, 0.5) is 5.69 Å². The maximum atomic E-state index is 12.8. The zero-order valence-corrected chi connectivity index (χ0v) is 21.3. The molecule has 2 aromatic heterocycles. The summed E-state index contributed by atoms with van der Waals surface area (Å²) < 4.78 is 6.73. The van der Waals surface area contributed by atoms with Crippen LogP contribution in [-0.4, -0.2) is 20.9 Å². The molecule has 1 amide bonds. The highest BCUT2D eigenvalue weighted by atomic mass is 79.9. The van der Waals surface area contributed by atoms with Crippen LogP contribution in [0.25, 0.3) is 28.0 Å². The Balaban J connectivity index is 1.35. The highest BCUT2D eigenvalue weighted by molar-refractivity contribution is 9.10. The molecule has 5 aromatic rings. The van der Waals surface area contributed by atoms with Gasteiger partial charge in [0, 0.05) is 10.0 Å². The predicted molar refractivity (Wildman–Crippen MR) is 142 cm³/mol. The Morgan fingerprint density at radius 2 is 1.71 bits per heavy atom. The molecule has 0 radical (unpaired) electrons. The van der Waals surface area contributed by atoms with Crippen LogP contribution in [0.3, 0.4) is 0 Å². The molecule has 0 fully saturated rings. The molecule has 2 heterocycles. The first-order chi connectivity index (χ1) is 17.0. The summed E-state index contributed by atoms with van der Waals surface area (Å²) >= 11 is 9.86. The first-order valence-corrected chi connectivity index (χ1v) is 12.5. The lowest BCUT2D eigenvalue weighted by Gasteiger charge is -2.05. The number of unbranched alkanes of at least 4 members (excludes halogenated alkanes) is 1. The average molecular weight is 550 g/mol. The summed E-state index contributed by atoms with van der Waals surface area (Å²) in [4.78, 5) is 14.4. The third-order valence-electron chi connectivity index (χ3n) is 5.66. The van der Waals surface area contributed by atoms with Crippen molar-refractivity contribution >= 4 is 50.2 Å². The standard InChI is InChI=1S/C27H22BrClN4O2/c1-2-3-4-17-5-11-20(12-6-17)33-31-23-15-21(29)22(16-24(23)32-33)30-27(34)26-14-13-25(35-26)18-7-9-19(28)10-8-18/h5-16H,2-4H2,1H3,(H,30,34). The highest BCUT2D eigenvalue weighted by Gasteiger charge is 2.16. The van der Waals surface area contributed by atoms with Crippen molar-refractivity contribution in [3.8, 4) is 17.0 Å². The number of aromatic nitrogens is 3. The minimum Gasteiger partial charge on any atom is -0.451 e. The van der Waals surface area contributed by atoms with Gasteiger partial charge in [-0.1, -0.05) is 65.1 Å². The molecule has 0 unspecified atom stereocenters. The normalized spacial score (nSPS) is 11.2. The van der Waals surface area contributed by atoms with Crippen LogP contribution in [0.5, 0.6) is 0 Å². The first-order valence-electron chi connectivity index (χ1n) is 11.3. The number of furan rings is 1. The molecule has 0 saturated carbocycles. The van der Waals surface area contributed by atoms with Gasteiger partial charge in [-0.15, -0.1) is 10.2 Å². The number of rotatable bonds is 7. The number of hydrogen-bond donors (Lipinski definition) is 1. The van der Waals surface area contributed by atoms with Gasteiger partial charge in [0.2, 0.25) is 0 Å². The Morgan fingerprint density at radius 1 is 1.00 bits per heavy atom. The Hall–Kier alpha value is -3.42. The van der Waals surface area contributed by atoms with Crippen molar-refractivity contribution in [1.82, 2.24) is 15.0 Å². The number of anilines is 1. The van der Waals surface area contributed by atoms with Gasteiger partial charge in [-0.25, -0.2) is 0 Å². The fraction of sp³-hybridized carbons (Fsp3) is 0.148. The minimum absolute atomic E-state index is 0.186. The van der Waals surface area contributed by atoms with Gasteiger partial charge in [-0.2, -0.15) is 4.80 Å². The second kappa shape index (κ2) is 10.1. The number of amides is 1. The molecule has 0 aliphatic rings. The van der Waals surface area contributed by atoms with E-state index in [0.717, 1.165) is 22.1 Å². The van der Waals surface area contributed by atoms with Crippen LogP contribution in [0.1, 0.15) is 35.9 Å². The van der Waals surface area contributed by atoms with Gasteiger partial charge in [-0.05, 0) is 66.9 Å². The van der Waals surface area contributed by atoms with Crippen molar-refractivity contribution < 1.29 is 9.21 Å². The number of carbonyl (C=O) groups excluding carboxylic acids is 1. The van der Waals surface area contributed by atoms with Gasteiger partial charge >= 0.3 is 0 Å². The molecule has 0 spiro atoms. The molecule has 0 saturated heterocycles. The molecule has 35 heavy (non-hydrogen) atoms. The largest absolute Gasteiger partial charge is 0.451 e. The van der Waals surface area contributed by atoms with Gasteiger partial charge in [0.05, 0.1) is 16.4 Å². The monoisotopic (exact) mass is 548 g/mol. The number of hydrogen-bond acceptors (Lipinski definition) is 4. The predicted octanol–water partition coefficient (Wildman–Crippen LogP) is 7.69. The van der Waals surface area contributed by atoms with E-state index in [9.17, 15) is 4.79 Å². The molecule has 0 aliphatic heterocycles. The van der Waals surface area contributed by atoms with E-state index in [1.807, 2.05) is 36.4 Å². The van der Waals surface area contributed by atoms with Crippen molar-refractivity contribution in [2.45, 2.75) is 26.2 Å². The molecule has 8 heteroatoms. The van der Waals surface area contributed by atoms with Crippen molar-refractivity contribution in [2.75, 3.05) is 5.32 Å². The van der Waals surface area contributed by atoms with Crippen molar-refractivity contribution in [1.29, 1.82) is 0 Å². The van der Waals surface area contributed by atoms with Gasteiger partial charge in [-0.3, -0.25) is 4.79 Å². The minimum atomic E-state index is -0.398. The molecule has 0 aliphatic carbocycles. The van der Waals surface area contributed by atoms with Crippen molar-refractivity contribution in [3.63, 3.8) is 0 Å². The van der Waals surface area contributed by atoms with Crippen LogP contribution >= 0.6 is 27.5 Å². The molecular formula is C27H22BrClN4O2. The van der Waals surface area contributed by atoms with E-state index >= 15 is 0 Å². The molecule has 3 aromatic carbocycles. The number of nitrogens with zero attached hydrogens (tertiary/aromatic N) is 3. The van der Waals surface area contributed by atoms with Crippen LogP contribution in [0.2, 0.25) is 5.02 Å².